The van der Waals surface area contributed by atoms with E-state index in [0.717, 1.165) is 35.8 Å². The summed E-state index contributed by atoms with van der Waals surface area (Å²) in [6, 6.07) is 8.34. The predicted octanol–water partition coefficient (Wildman–Crippen LogP) is 5.14. The first-order chi connectivity index (χ1) is 18.1. The van der Waals surface area contributed by atoms with Crippen molar-refractivity contribution in [3.63, 3.8) is 0 Å². The zero-order valence-corrected chi connectivity index (χ0v) is 24.5. The fourth-order valence-corrected chi connectivity index (χ4v) is 6.77. The first-order valence-electron chi connectivity index (χ1n) is 13.6. The number of benzene rings is 1. The first-order valence-corrected chi connectivity index (χ1v) is 14.4. The lowest BCUT2D eigenvalue weighted by atomic mass is 9.45. The number of carbonyl (C=O) groups excluding carboxylic acids is 1. The number of aryl methyl sites for hydroxylation is 3. The van der Waals surface area contributed by atoms with Crippen molar-refractivity contribution in [2.24, 2.45) is 23.2 Å². The summed E-state index contributed by atoms with van der Waals surface area (Å²) in [6.45, 7) is 11.1. The van der Waals surface area contributed by atoms with E-state index in [1.54, 1.807) is 11.0 Å². The molecule has 2 bridgehead atoms. The minimum absolute atomic E-state index is 0.0660. The minimum atomic E-state index is -0.295. The highest BCUT2D eigenvalue weighted by Crippen LogP contribution is 2.61. The Balaban J connectivity index is 1.21. The fraction of sp³-hybridized carbons (Fsp3) is 0.552. The van der Waals surface area contributed by atoms with Crippen molar-refractivity contribution in [1.82, 2.24) is 24.8 Å². The SMILES string of the molecule is CCc1nn(-c2ccc(C)cc2)nc1CCC(=O)Cn1ncc(N[C@@H]2C[C@H]3C[C@@H]([C@H]2C)C3(C)C)c(Br)c1=O. The predicted molar refractivity (Wildman–Crippen MR) is 152 cm³/mol. The van der Waals surface area contributed by atoms with Gasteiger partial charge in [-0.1, -0.05) is 45.4 Å². The van der Waals surface area contributed by atoms with Gasteiger partial charge in [-0.15, -0.1) is 0 Å². The van der Waals surface area contributed by atoms with E-state index in [-0.39, 0.29) is 24.3 Å². The van der Waals surface area contributed by atoms with Gasteiger partial charge in [0.15, 0.2) is 5.78 Å². The lowest BCUT2D eigenvalue weighted by Crippen LogP contribution is -2.58. The molecule has 3 fully saturated rings. The zero-order chi connectivity index (χ0) is 27.2. The molecule has 9 heteroatoms. The number of rotatable bonds is 9. The van der Waals surface area contributed by atoms with Crippen LogP contribution in [0, 0.1) is 30.1 Å². The molecule has 202 valence electrons. The molecule has 0 amide bonds. The third-order valence-corrected chi connectivity index (χ3v) is 9.78. The number of halogens is 1. The highest BCUT2D eigenvalue weighted by Gasteiger charge is 2.56. The number of nitrogens with one attached hydrogen (secondary N) is 1. The van der Waals surface area contributed by atoms with Crippen molar-refractivity contribution in [3.05, 3.63) is 62.2 Å². The van der Waals surface area contributed by atoms with Gasteiger partial charge in [0.05, 0.1) is 29.0 Å². The number of fused-ring (bicyclic) bond motifs is 2. The number of ketones is 1. The van der Waals surface area contributed by atoms with Crippen LogP contribution in [0.5, 0.6) is 0 Å². The van der Waals surface area contributed by atoms with E-state index >= 15 is 0 Å². The van der Waals surface area contributed by atoms with E-state index in [1.807, 2.05) is 38.1 Å². The fourth-order valence-electron chi connectivity index (χ4n) is 6.35. The molecule has 6 rings (SSSR count). The maximum Gasteiger partial charge on any atom is 0.283 e. The molecule has 38 heavy (non-hydrogen) atoms. The van der Waals surface area contributed by atoms with Crippen LogP contribution in [-0.4, -0.2) is 36.6 Å². The van der Waals surface area contributed by atoms with Gasteiger partial charge < -0.3 is 5.32 Å². The van der Waals surface area contributed by atoms with E-state index in [0.29, 0.717) is 39.9 Å². The van der Waals surface area contributed by atoms with E-state index in [4.69, 9.17) is 0 Å². The molecule has 2 aromatic heterocycles. The molecule has 4 atom stereocenters. The summed E-state index contributed by atoms with van der Waals surface area (Å²) in [5, 5.41) is 17.1. The van der Waals surface area contributed by atoms with Gasteiger partial charge in [0, 0.05) is 18.9 Å². The number of anilines is 1. The number of hydrogen-bond acceptors (Lipinski definition) is 6. The van der Waals surface area contributed by atoms with Crippen LogP contribution in [0.2, 0.25) is 0 Å². The number of carbonyl (C=O) groups is 1. The maximum atomic E-state index is 13.0. The highest BCUT2D eigenvalue weighted by molar-refractivity contribution is 9.10. The van der Waals surface area contributed by atoms with Gasteiger partial charge in [-0.3, -0.25) is 9.59 Å². The van der Waals surface area contributed by atoms with Crippen LogP contribution in [0.15, 0.2) is 39.7 Å². The summed E-state index contributed by atoms with van der Waals surface area (Å²) >= 11 is 3.47. The molecule has 3 aliphatic carbocycles. The number of nitrogens with zero attached hydrogens (tertiary/aromatic N) is 5. The number of aromatic nitrogens is 5. The van der Waals surface area contributed by atoms with Crippen LogP contribution in [0.25, 0.3) is 5.69 Å². The second-order valence-corrected chi connectivity index (χ2v) is 12.4. The zero-order valence-electron chi connectivity index (χ0n) is 22.9. The molecule has 2 heterocycles. The van der Waals surface area contributed by atoms with Crippen LogP contribution in [0.3, 0.4) is 0 Å². The molecule has 8 nitrogen and oxygen atoms in total. The summed E-state index contributed by atoms with van der Waals surface area (Å²) in [5.41, 5.74) is 4.57. The standard InChI is InChI=1S/C29H37BrN6O2/c1-6-23-24(34-36(33-23)20-9-7-17(2)8-10-20)12-11-21(37)16-35-28(38)27(30)26(15-31-35)32-25-14-19-13-22(18(25)3)29(19,4)5/h7-10,15,18-19,22,25,32H,6,11-14,16H2,1-5H3/t18-,19-,22+,25-/m1/s1. The summed E-state index contributed by atoms with van der Waals surface area (Å²) in [4.78, 5) is 27.5. The van der Waals surface area contributed by atoms with Gasteiger partial charge in [0.25, 0.3) is 5.56 Å². The molecular formula is C29H37BrN6O2. The summed E-state index contributed by atoms with van der Waals surface area (Å²) in [5.74, 6) is 1.89. The van der Waals surface area contributed by atoms with Crippen molar-refractivity contribution in [2.45, 2.75) is 79.3 Å². The van der Waals surface area contributed by atoms with Gasteiger partial charge in [-0.25, -0.2) is 4.68 Å². The van der Waals surface area contributed by atoms with Crippen LogP contribution >= 0.6 is 15.9 Å². The average molecular weight is 582 g/mol. The Morgan fingerprint density at radius 1 is 1.16 bits per heavy atom. The molecule has 3 aromatic rings. The quantitative estimate of drug-likeness (QED) is 0.376. The van der Waals surface area contributed by atoms with Gasteiger partial charge in [-0.05, 0) is 77.4 Å². The molecule has 0 spiro atoms. The van der Waals surface area contributed by atoms with Crippen molar-refractivity contribution >= 4 is 27.4 Å². The van der Waals surface area contributed by atoms with Crippen LogP contribution in [-0.2, 0) is 24.2 Å². The second kappa shape index (κ2) is 10.4. The summed E-state index contributed by atoms with van der Waals surface area (Å²) in [7, 11) is 0. The van der Waals surface area contributed by atoms with Crippen molar-refractivity contribution in [2.75, 3.05) is 5.32 Å². The topological polar surface area (TPSA) is 94.7 Å². The molecule has 0 radical (unpaired) electrons. The second-order valence-electron chi connectivity index (χ2n) is 11.7. The first kappa shape index (κ1) is 26.8. The average Bonchev–Trinajstić information content (AvgIpc) is 3.31. The van der Waals surface area contributed by atoms with Gasteiger partial charge >= 0.3 is 0 Å². The maximum absolute atomic E-state index is 13.0. The normalized spacial score (nSPS) is 23.6. The molecule has 3 saturated carbocycles. The van der Waals surface area contributed by atoms with E-state index in [9.17, 15) is 9.59 Å². The Labute approximate surface area is 232 Å². The molecule has 3 aliphatic rings. The Morgan fingerprint density at radius 3 is 2.53 bits per heavy atom. The van der Waals surface area contributed by atoms with Gasteiger partial charge in [-0.2, -0.15) is 20.1 Å². The third-order valence-electron chi connectivity index (χ3n) is 9.01. The molecule has 0 unspecified atom stereocenters. The van der Waals surface area contributed by atoms with Gasteiger partial charge in [0.2, 0.25) is 0 Å². The smallest absolute Gasteiger partial charge is 0.283 e. The molecule has 1 aromatic carbocycles. The summed E-state index contributed by atoms with van der Waals surface area (Å²) < 4.78 is 1.67. The third kappa shape index (κ3) is 4.97. The van der Waals surface area contributed by atoms with E-state index in [2.05, 4.69) is 57.3 Å². The molecule has 0 saturated heterocycles. The number of Topliss-reactive ketones (excluding diaryl/α,β-unsaturated/α-hetero) is 1. The molecular weight excluding hydrogens is 544 g/mol. The van der Waals surface area contributed by atoms with Crippen LogP contribution in [0.1, 0.15) is 63.9 Å². The highest BCUT2D eigenvalue weighted by atomic mass is 79.9. The molecule has 0 aliphatic heterocycles. The largest absolute Gasteiger partial charge is 0.380 e. The Bertz CT molecular complexity index is 1390. The number of hydrogen-bond donors (Lipinski definition) is 1. The van der Waals surface area contributed by atoms with Crippen LogP contribution < -0.4 is 10.9 Å². The van der Waals surface area contributed by atoms with Gasteiger partial charge in [0.1, 0.15) is 11.0 Å². The van der Waals surface area contributed by atoms with E-state index < -0.39 is 0 Å². The molecule has 1 N–H and O–H groups in total. The lowest BCUT2D eigenvalue weighted by Gasteiger charge is -2.62. The monoisotopic (exact) mass is 580 g/mol. The summed E-state index contributed by atoms with van der Waals surface area (Å²) in [6.07, 6.45) is 5.55. The Hall–Kier alpha value is -2.81. The minimum Gasteiger partial charge on any atom is -0.380 e. The van der Waals surface area contributed by atoms with Crippen molar-refractivity contribution < 1.29 is 4.79 Å². The van der Waals surface area contributed by atoms with Crippen molar-refractivity contribution in [3.8, 4) is 5.69 Å². The Kier molecular flexibility index (Phi) is 7.33. The van der Waals surface area contributed by atoms with E-state index in [1.165, 1.54) is 16.7 Å². The Morgan fingerprint density at radius 2 is 1.87 bits per heavy atom. The van der Waals surface area contributed by atoms with Crippen LogP contribution in [0.4, 0.5) is 5.69 Å². The lowest BCUT2D eigenvalue weighted by molar-refractivity contribution is -0.119. The van der Waals surface area contributed by atoms with Crippen molar-refractivity contribution in [1.29, 1.82) is 0 Å².